The summed E-state index contributed by atoms with van der Waals surface area (Å²) >= 11 is 0. The lowest BCUT2D eigenvalue weighted by molar-refractivity contribution is -0.148. The van der Waals surface area contributed by atoms with Crippen molar-refractivity contribution in [3.8, 4) is 0 Å². The molecule has 0 saturated carbocycles. The van der Waals surface area contributed by atoms with Gasteiger partial charge in [-0.3, -0.25) is 9.59 Å². The molecule has 0 fully saturated rings. The van der Waals surface area contributed by atoms with E-state index in [1.807, 2.05) is 13.0 Å². The second kappa shape index (κ2) is 14.9. The molecule has 1 atom stereocenters. The van der Waals surface area contributed by atoms with E-state index in [1.54, 1.807) is 0 Å². The highest BCUT2D eigenvalue weighted by molar-refractivity contribution is 5.77. The summed E-state index contributed by atoms with van der Waals surface area (Å²) < 4.78 is 0. The average molecular weight is 391 g/mol. The maximum Gasteiger partial charge on any atom is 0.307 e. The molecule has 158 valence electrons. The summed E-state index contributed by atoms with van der Waals surface area (Å²) in [6.07, 6.45) is 14.8. The van der Waals surface area contributed by atoms with E-state index in [0.29, 0.717) is 0 Å². The van der Waals surface area contributed by atoms with Gasteiger partial charge in [-0.2, -0.15) is 0 Å². The first-order valence-electron chi connectivity index (χ1n) is 10.2. The van der Waals surface area contributed by atoms with Crippen LogP contribution >= 0.6 is 0 Å². The molecular weight excluding hydrogens is 352 g/mol. The summed E-state index contributed by atoms with van der Waals surface area (Å²) in [5, 5.41) is 17.8. The van der Waals surface area contributed by atoms with Crippen LogP contribution < -0.4 is 0 Å². The average Bonchev–Trinajstić information content (AvgIpc) is 2.57. The van der Waals surface area contributed by atoms with Gasteiger partial charge in [-0.1, -0.05) is 46.6 Å². The van der Waals surface area contributed by atoms with Crippen molar-refractivity contribution in [3.63, 3.8) is 0 Å². The minimum atomic E-state index is -1.07. The molecule has 0 aromatic rings. The minimum Gasteiger partial charge on any atom is -0.481 e. The van der Waals surface area contributed by atoms with Crippen molar-refractivity contribution in [1.29, 1.82) is 0 Å². The number of carboxylic acids is 2. The Hall–Kier alpha value is -2.10. The van der Waals surface area contributed by atoms with E-state index in [1.165, 1.54) is 16.7 Å². The van der Waals surface area contributed by atoms with Crippen LogP contribution in [-0.2, 0) is 9.59 Å². The number of rotatable bonds is 14. The van der Waals surface area contributed by atoms with Gasteiger partial charge in [0.2, 0.25) is 0 Å². The Bertz CT molecular complexity index is 617. The van der Waals surface area contributed by atoms with Gasteiger partial charge in [-0.05, 0) is 79.6 Å². The van der Waals surface area contributed by atoms with Crippen LogP contribution in [0.15, 0.2) is 46.6 Å². The lowest BCUT2D eigenvalue weighted by Gasteiger charge is -2.07. The highest BCUT2D eigenvalue weighted by atomic mass is 16.4. The largest absolute Gasteiger partial charge is 0.481 e. The van der Waals surface area contributed by atoms with Gasteiger partial charge < -0.3 is 10.2 Å². The third kappa shape index (κ3) is 15.0. The predicted octanol–water partition coefficient (Wildman–Crippen LogP) is 6.70. The molecule has 2 N–H and O–H groups in total. The fraction of sp³-hybridized carbons (Fsp3) is 0.583. The zero-order valence-electron chi connectivity index (χ0n) is 18.3. The van der Waals surface area contributed by atoms with E-state index in [-0.39, 0.29) is 12.8 Å². The third-order valence-corrected chi connectivity index (χ3v) is 4.68. The summed E-state index contributed by atoms with van der Waals surface area (Å²) in [5.41, 5.74) is 5.29. The van der Waals surface area contributed by atoms with E-state index in [0.717, 1.165) is 44.1 Å². The maximum absolute atomic E-state index is 11.1. The van der Waals surface area contributed by atoms with Crippen molar-refractivity contribution >= 4 is 11.9 Å². The van der Waals surface area contributed by atoms with Gasteiger partial charge in [0, 0.05) is 0 Å². The highest BCUT2D eigenvalue weighted by Gasteiger charge is 2.19. The van der Waals surface area contributed by atoms with Crippen LogP contribution in [0.3, 0.4) is 0 Å². The smallest absolute Gasteiger partial charge is 0.307 e. The van der Waals surface area contributed by atoms with Crippen LogP contribution in [0.2, 0.25) is 0 Å². The van der Waals surface area contributed by atoms with Crippen molar-refractivity contribution in [2.45, 2.75) is 86.0 Å². The zero-order valence-corrected chi connectivity index (χ0v) is 18.3. The third-order valence-electron chi connectivity index (χ3n) is 4.68. The molecule has 4 heteroatoms. The summed E-state index contributed by atoms with van der Waals surface area (Å²) in [5.74, 6) is -2.97. The van der Waals surface area contributed by atoms with E-state index >= 15 is 0 Å². The molecule has 1 unspecified atom stereocenters. The highest BCUT2D eigenvalue weighted by Crippen LogP contribution is 2.16. The Kier molecular flexibility index (Phi) is 13.8. The van der Waals surface area contributed by atoms with Crippen molar-refractivity contribution in [1.82, 2.24) is 0 Å². The first kappa shape index (κ1) is 25.9. The van der Waals surface area contributed by atoms with E-state index < -0.39 is 17.9 Å². The number of carboxylic acid groups (broad SMARTS) is 2. The van der Waals surface area contributed by atoms with Crippen molar-refractivity contribution in [2.75, 3.05) is 0 Å². The Morgan fingerprint density at radius 1 is 0.714 bits per heavy atom. The van der Waals surface area contributed by atoms with E-state index in [2.05, 4.69) is 45.9 Å². The number of aliphatic carboxylic acids is 2. The molecule has 28 heavy (non-hydrogen) atoms. The minimum absolute atomic E-state index is 0.271. The quantitative estimate of drug-likeness (QED) is 0.324. The number of carbonyl (C=O) groups is 2. The Balaban J connectivity index is 4.26. The van der Waals surface area contributed by atoms with Crippen molar-refractivity contribution < 1.29 is 19.8 Å². The molecule has 0 heterocycles. The molecule has 0 radical (unpaired) electrons. The molecule has 0 bridgehead atoms. The van der Waals surface area contributed by atoms with Gasteiger partial charge in [0.15, 0.2) is 0 Å². The summed E-state index contributed by atoms with van der Waals surface area (Å²) in [6.45, 7) is 10.6. The van der Waals surface area contributed by atoms with Gasteiger partial charge in [0.05, 0.1) is 12.3 Å². The maximum atomic E-state index is 11.1. The molecule has 4 nitrogen and oxygen atoms in total. The first-order chi connectivity index (χ1) is 13.1. The molecule has 0 aliphatic rings. The van der Waals surface area contributed by atoms with Gasteiger partial charge in [0.25, 0.3) is 0 Å². The molecular formula is C24H38O4. The fourth-order valence-corrected chi connectivity index (χ4v) is 2.81. The van der Waals surface area contributed by atoms with E-state index in [4.69, 9.17) is 10.2 Å². The second-order valence-corrected chi connectivity index (χ2v) is 7.92. The molecule has 0 spiro atoms. The molecule has 0 saturated heterocycles. The number of hydrogen-bond acceptors (Lipinski definition) is 2. The Morgan fingerprint density at radius 2 is 1.14 bits per heavy atom. The second-order valence-electron chi connectivity index (χ2n) is 7.92. The summed E-state index contributed by atoms with van der Waals surface area (Å²) in [6, 6.07) is 0. The van der Waals surface area contributed by atoms with Crippen LogP contribution in [0.5, 0.6) is 0 Å². The number of allylic oxidation sites excluding steroid dienone is 8. The van der Waals surface area contributed by atoms with Crippen LogP contribution in [0.1, 0.15) is 86.0 Å². The Morgan fingerprint density at radius 3 is 1.54 bits per heavy atom. The molecule has 0 aromatic heterocycles. The van der Waals surface area contributed by atoms with Crippen LogP contribution in [-0.4, -0.2) is 22.2 Å². The zero-order chi connectivity index (χ0) is 21.5. The van der Waals surface area contributed by atoms with Crippen LogP contribution in [0, 0.1) is 5.92 Å². The normalized spacial score (nSPS) is 14.0. The summed E-state index contributed by atoms with van der Waals surface area (Å²) in [4.78, 5) is 21.8. The van der Waals surface area contributed by atoms with Gasteiger partial charge in [-0.25, -0.2) is 0 Å². The van der Waals surface area contributed by atoms with Crippen LogP contribution in [0.25, 0.3) is 0 Å². The predicted molar refractivity (Wildman–Crippen MR) is 116 cm³/mol. The van der Waals surface area contributed by atoms with Gasteiger partial charge in [-0.15, -0.1) is 0 Å². The lowest BCUT2D eigenvalue weighted by Crippen LogP contribution is -2.17. The fourth-order valence-electron chi connectivity index (χ4n) is 2.81. The molecule has 0 aliphatic carbocycles. The summed E-state index contributed by atoms with van der Waals surface area (Å²) in [7, 11) is 0. The molecule has 0 aromatic carbocycles. The van der Waals surface area contributed by atoms with Crippen LogP contribution in [0.4, 0.5) is 0 Å². The number of hydrogen-bond donors (Lipinski definition) is 2. The van der Waals surface area contributed by atoms with Gasteiger partial charge in [0.1, 0.15) is 0 Å². The first-order valence-corrected chi connectivity index (χ1v) is 10.2. The van der Waals surface area contributed by atoms with Gasteiger partial charge >= 0.3 is 11.9 Å². The lowest BCUT2D eigenvalue weighted by atomic mass is 9.99. The van der Waals surface area contributed by atoms with Crippen molar-refractivity contribution in [3.05, 3.63) is 46.6 Å². The monoisotopic (exact) mass is 390 g/mol. The topological polar surface area (TPSA) is 74.6 Å². The van der Waals surface area contributed by atoms with Crippen molar-refractivity contribution in [2.24, 2.45) is 5.92 Å². The van der Waals surface area contributed by atoms with E-state index in [9.17, 15) is 9.59 Å². The Labute approximate surface area is 170 Å². The standard InChI is InChI=1S/C24H38O4/c1-18(2)9-6-10-19(3)11-7-12-20(4)13-8-14-21(5)15-16-22(24(27)28)17-23(25)26/h9,11,13,15,22H,6-8,10,12,14,16-17H2,1-5H3,(H,25,26)(H,27,28). The molecule has 0 rings (SSSR count). The molecule has 0 amide bonds. The molecule has 0 aliphatic heterocycles. The SMILES string of the molecule is CC(C)=CCCC(C)=CCCC(C)=CCCC(C)=CCC(CC(=O)O)C(=O)O.